The number of hydrogen-bond donors (Lipinski definition) is 1. The minimum atomic E-state index is -0.181. The Bertz CT molecular complexity index is 86.2. The van der Waals surface area contributed by atoms with Crippen LogP contribution in [0.3, 0.4) is 0 Å². The van der Waals surface area contributed by atoms with Gasteiger partial charge in [0.15, 0.2) is 0 Å². The summed E-state index contributed by atoms with van der Waals surface area (Å²) in [6.07, 6.45) is 2.90. The molecule has 7 heavy (non-hydrogen) atoms. The van der Waals surface area contributed by atoms with E-state index < -0.39 is 0 Å². The van der Waals surface area contributed by atoms with Crippen molar-refractivity contribution in [2.75, 3.05) is 0 Å². The van der Waals surface area contributed by atoms with E-state index in [2.05, 4.69) is 6.58 Å². The molecule has 0 heterocycles. The van der Waals surface area contributed by atoms with Gasteiger partial charge in [0.25, 0.3) is 0 Å². The number of aliphatic hydroxyl groups is 1. The highest BCUT2D eigenvalue weighted by atomic mass is 16.3. The summed E-state index contributed by atoms with van der Waals surface area (Å²) in [5.41, 5.74) is 1.01. The fraction of sp³-hybridized carbons (Fsp3) is 0.667. The van der Waals surface area contributed by atoms with Gasteiger partial charge < -0.3 is 5.11 Å². The van der Waals surface area contributed by atoms with E-state index in [1.165, 1.54) is 0 Å². The van der Waals surface area contributed by atoms with E-state index in [4.69, 9.17) is 5.11 Å². The molecule has 0 aromatic heterocycles. The van der Waals surface area contributed by atoms with Crippen LogP contribution in [0.1, 0.15) is 19.3 Å². The van der Waals surface area contributed by atoms with Crippen LogP contribution >= 0.6 is 0 Å². The van der Waals surface area contributed by atoms with Crippen LogP contribution in [0.15, 0.2) is 12.2 Å². The van der Waals surface area contributed by atoms with Crippen LogP contribution < -0.4 is 0 Å². The van der Waals surface area contributed by atoms with Crippen LogP contribution in [0, 0.1) is 0 Å². The van der Waals surface area contributed by atoms with Gasteiger partial charge in [0.05, 0.1) is 6.10 Å². The molecule has 0 aromatic rings. The third-order valence-corrected chi connectivity index (χ3v) is 1.45. The smallest absolute Gasteiger partial charge is 0.0747 e. The van der Waals surface area contributed by atoms with E-state index in [0.29, 0.717) is 0 Å². The lowest BCUT2D eigenvalue weighted by Gasteiger charge is -1.96. The quantitative estimate of drug-likeness (QED) is 0.449. The zero-order chi connectivity index (χ0) is 5.28. The summed E-state index contributed by atoms with van der Waals surface area (Å²) in [5.74, 6) is 0. The monoisotopic (exact) mass is 98.1 g/mol. The fourth-order valence-corrected chi connectivity index (χ4v) is 0.893. The molecule has 0 spiro atoms. The number of rotatable bonds is 0. The summed E-state index contributed by atoms with van der Waals surface area (Å²) < 4.78 is 0. The SMILES string of the molecule is C=C1CCCC1O. The highest BCUT2D eigenvalue weighted by Gasteiger charge is 2.14. The second kappa shape index (κ2) is 1.66. The molecule has 1 heteroatoms. The third kappa shape index (κ3) is 0.829. The van der Waals surface area contributed by atoms with Crippen LogP contribution in [0.4, 0.5) is 0 Å². The molecule has 1 aliphatic carbocycles. The molecule has 1 nitrogen and oxygen atoms in total. The van der Waals surface area contributed by atoms with Crippen molar-refractivity contribution < 1.29 is 5.11 Å². The molecule has 1 atom stereocenters. The molecule has 1 fully saturated rings. The summed E-state index contributed by atoms with van der Waals surface area (Å²) in [7, 11) is 0. The van der Waals surface area contributed by atoms with E-state index in [1.54, 1.807) is 0 Å². The van der Waals surface area contributed by atoms with Crippen molar-refractivity contribution in [1.82, 2.24) is 0 Å². The van der Waals surface area contributed by atoms with Gasteiger partial charge in [-0.05, 0) is 24.8 Å². The number of aliphatic hydroxyl groups excluding tert-OH is 1. The summed E-state index contributed by atoms with van der Waals surface area (Å²) in [6, 6.07) is 0. The minimum Gasteiger partial charge on any atom is -0.389 e. The molecule has 0 amide bonds. The summed E-state index contributed by atoms with van der Waals surface area (Å²) >= 11 is 0. The third-order valence-electron chi connectivity index (χ3n) is 1.45. The maximum Gasteiger partial charge on any atom is 0.0747 e. The average molecular weight is 98.1 g/mol. The Balaban J connectivity index is 2.48. The van der Waals surface area contributed by atoms with Crippen molar-refractivity contribution in [2.24, 2.45) is 0 Å². The Morgan fingerprint density at radius 2 is 2.43 bits per heavy atom. The van der Waals surface area contributed by atoms with Gasteiger partial charge in [-0.15, -0.1) is 0 Å². The maximum absolute atomic E-state index is 8.90. The van der Waals surface area contributed by atoms with E-state index in [1.807, 2.05) is 0 Å². The molecule has 1 rings (SSSR count). The van der Waals surface area contributed by atoms with Gasteiger partial charge in [-0.2, -0.15) is 0 Å². The highest BCUT2D eigenvalue weighted by Crippen LogP contribution is 2.21. The summed E-state index contributed by atoms with van der Waals surface area (Å²) in [4.78, 5) is 0. The molecule has 0 bridgehead atoms. The Labute approximate surface area is 43.7 Å². The molecule has 0 radical (unpaired) electrons. The van der Waals surface area contributed by atoms with Crippen molar-refractivity contribution in [3.05, 3.63) is 12.2 Å². The molecule has 1 saturated carbocycles. The van der Waals surface area contributed by atoms with E-state index in [0.717, 1.165) is 24.8 Å². The molecule has 40 valence electrons. The predicted octanol–water partition coefficient (Wildman–Crippen LogP) is 1.09. The normalized spacial score (nSPS) is 31.6. The lowest BCUT2D eigenvalue weighted by Crippen LogP contribution is -1.98. The zero-order valence-corrected chi connectivity index (χ0v) is 4.35. The van der Waals surface area contributed by atoms with Gasteiger partial charge in [0.2, 0.25) is 0 Å². The Morgan fingerprint density at radius 1 is 1.71 bits per heavy atom. The number of hydrogen-bond acceptors (Lipinski definition) is 1. The highest BCUT2D eigenvalue weighted by molar-refractivity contribution is 5.06. The first-order chi connectivity index (χ1) is 3.30. The lowest BCUT2D eigenvalue weighted by atomic mass is 10.2. The van der Waals surface area contributed by atoms with Crippen molar-refractivity contribution in [3.8, 4) is 0 Å². The molecule has 1 aliphatic rings. The van der Waals surface area contributed by atoms with Crippen molar-refractivity contribution in [3.63, 3.8) is 0 Å². The molecule has 0 aliphatic heterocycles. The van der Waals surface area contributed by atoms with E-state index >= 15 is 0 Å². The Kier molecular flexibility index (Phi) is 1.15. The standard InChI is InChI=1S/C6H10O/c1-5-3-2-4-6(5)7/h6-7H,1-4H2. The first-order valence-electron chi connectivity index (χ1n) is 2.66. The van der Waals surface area contributed by atoms with E-state index in [9.17, 15) is 0 Å². The van der Waals surface area contributed by atoms with Crippen LogP contribution in [0.5, 0.6) is 0 Å². The Hall–Kier alpha value is -0.300. The predicted molar refractivity (Wildman–Crippen MR) is 29.0 cm³/mol. The van der Waals surface area contributed by atoms with Gasteiger partial charge in [-0.25, -0.2) is 0 Å². The zero-order valence-electron chi connectivity index (χ0n) is 4.35. The second-order valence-corrected chi connectivity index (χ2v) is 2.07. The average Bonchev–Trinajstić information content (AvgIpc) is 1.91. The van der Waals surface area contributed by atoms with Crippen molar-refractivity contribution >= 4 is 0 Å². The van der Waals surface area contributed by atoms with Gasteiger partial charge in [0, 0.05) is 0 Å². The van der Waals surface area contributed by atoms with Gasteiger partial charge >= 0.3 is 0 Å². The molecular weight excluding hydrogens is 88.1 g/mol. The largest absolute Gasteiger partial charge is 0.389 e. The Morgan fingerprint density at radius 3 is 2.57 bits per heavy atom. The van der Waals surface area contributed by atoms with Crippen LogP contribution in [0.2, 0.25) is 0 Å². The molecular formula is C6H10O. The summed E-state index contributed by atoms with van der Waals surface area (Å²) in [6.45, 7) is 3.69. The van der Waals surface area contributed by atoms with Crippen LogP contribution in [-0.4, -0.2) is 11.2 Å². The van der Waals surface area contributed by atoms with Crippen LogP contribution in [0.25, 0.3) is 0 Å². The minimum absolute atomic E-state index is 0.181. The van der Waals surface area contributed by atoms with Crippen molar-refractivity contribution in [1.29, 1.82) is 0 Å². The molecule has 0 aromatic carbocycles. The molecule has 1 unspecified atom stereocenters. The van der Waals surface area contributed by atoms with Gasteiger partial charge in [-0.1, -0.05) is 6.58 Å². The van der Waals surface area contributed by atoms with Gasteiger partial charge in [0.1, 0.15) is 0 Å². The first-order valence-corrected chi connectivity index (χ1v) is 2.66. The van der Waals surface area contributed by atoms with E-state index in [-0.39, 0.29) is 6.10 Å². The first kappa shape index (κ1) is 4.85. The topological polar surface area (TPSA) is 20.2 Å². The molecule has 0 saturated heterocycles. The van der Waals surface area contributed by atoms with Crippen LogP contribution in [-0.2, 0) is 0 Å². The van der Waals surface area contributed by atoms with Gasteiger partial charge in [-0.3, -0.25) is 0 Å². The van der Waals surface area contributed by atoms with Crippen molar-refractivity contribution in [2.45, 2.75) is 25.4 Å². The maximum atomic E-state index is 8.90. The second-order valence-electron chi connectivity index (χ2n) is 2.07. The lowest BCUT2D eigenvalue weighted by molar-refractivity contribution is 0.218. The molecule has 1 N–H and O–H groups in total. The fourth-order valence-electron chi connectivity index (χ4n) is 0.893. The summed E-state index contributed by atoms with van der Waals surface area (Å²) in [5, 5.41) is 8.90.